The average molecular weight is 291 g/mol. The fourth-order valence-electron chi connectivity index (χ4n) is 1.90. The molecule has 0 aliphatic heterocycles. The second-order valence-electron chi connectivity index (χ2n) is 4.44. The second-order valence-corrected chi connectivity index (χ2v) is 5.22. The molecule has 3 nitrogen and oxygen atoms in total. The Morgan fingerprint density at radius 2 is 2.20 bits per heavy atom. The van der Waals surface area contributed by atoms with Gasteiger partial charge in [0.1, 0.15) is 5.82 Å². The van der Waals surface area contributed by atoms with Gasteiger partial charge in [0.05, 0.1) is 5.69 Å². The lowest BCUT2D eigenvalue weighted by Gasteiger charge is -2.05. The van der Waals surface area contributed by atoms with Crippen LogP contribution in [0.15, 0.2) is 41.7 Å². The Morgan fingerprint density at radius 1 is 1.30 bits per heavy atom. The van der Waals surface area contributed by atoms with Crippen molar-refractivity contribution in [3.63, 3.8) is 0 Å². The van der Waals surface area contributed by atoms with Gasteiger partial charge in [-0.3, -0.25) is 0 Å². The van der Waals surface area contributed by atoms with Gasteiger partial charge in [0.25, 0.3) is 0 Å². The van der Waals surface area contributed by atoms with Crippen LogP contribution in [-0.2, 0) is 13.0 Å². The van der Waals surface area contributed by atoms with Gasteiger partial charge in [-0.25, -0.2) is 14.4 Å². The molecule has 106 valence electrons. The molecular formula is C15H18FN3S. The number of hydrogen-bond donors (Lipinski definition) is 1. The smallest absolute Gasteiger partial charge is 0.187 e. The highest BCUT2D eigenvalue weighted by molar-refractivity contribution is 7.98. The maximum atomic E-state index is 13.0. The summed E-state index contributed by atoms with van der Waals surface area (Å²) in [5.41, 5.74) is 2.04. The predicted molar refractivity (Wildman–Crippen MR) is 80.2 cm³/mol. The van der Waals surface area contributed by atoms with Gasteiger partial charge in [-0.15, -0.1) is 0 Å². The second kappa shape index (κ2) is 7.97. The van der Waals surface area contributed by atoms with Gasteiger partial charge < -0.3 is 5.32 Å². The third-order valence-electron chi connectivity index (χ3n) is 2.89. The fourth-order valence-corrected chi connectivity index (χ4v) is 2.27. The van der Waals surface area contributed by atoms with E-state index in [1.165, 1.54) is 17.8 Å². The van der Waals surface area contributed by atoms with Crippen molar-refractivity contribution < 1.29 is 4.39 Å². The number of hydrogen-bond acceptors (Lipinski definition) is 4. The lowest BCUT2D eigenvalue weighted by molar-refractivity contribution is 0.617. The quantitative estimate of drug-likeness (QED) is 0.483. The molecule has 0 fully saturated rings. The van der Waals surface area contributed by atoms with Crippen LogP contribution >= 0.6 is 11.8 Å². The summed E-state index contributed by atoms with van der Waals surface area (Å²) in [7, 11) is 0. The first-order valence-corrected chi connectivity index (χ1v) is 7.81. The van der Waals surface area contributed by atoms with Crippen molar-refractivity contribution in [1.29, 1.82) is 0 Å². The molecule has 0 aliphatic rings. The zero-order valence-electron chi connectivity index (χ0n) is 11.5. The van der Waals surface area contributed by atoms with Crippen LogP contribution in [0.25, 0.3) is 0 Å². The van der Waals surface area contributed by atoms with Crippen LogP contribution in [-0.4, -0.2) is 22.8 Å². The van der Waals surface area contributed by atoms with Gasteiger partial charge in [-0.05, 0) is 49.4 Å². The van der Waals surface area contributed by atoms with Gasteiger partial charge in [-0.1, -0.05) is 23.9 Å². The van der Waals surface area contributed by atoms with Crippen LogP contribution in [0, 0.1) is 5.82 Å². The zero-order valence-corrected chi connectivity index (χ0v) is 12.3. The highest BCUT2D eigenvalue weighted by Gasteiger charge is 1.99. The molecule has 0 aliphatic carbocycles. The van der Waals surface area contributed by atoms with Crippen molar-refractivity contribution in [1.82, 2.24) is 15.3 Å². The lowest BCUT2D eigenvalue weighted by atomic mass is 10.1. The van der Waals surface area contributed by atoms with E-state index in [2.05, 4.69) is 15.3 Å². The third kappa shape index (κ3) is 4.90. The van der Waals surface area contributed by atoms with Gasteiger partial charge in [0.15, 0.2) is 5.16 Å². The summed E-state index contributed by atoms with van der Waals surface area (Å²) >= 11 is 1.54. The number of benzene rings is 1. The van der Waals surface area contributed by atoms with Crippen molar-refractivity contribution in [2.75, 3.05) is 12.8 Å². The molecule has 0 unspecified atom stereocenters. The van der Waals surface area contributed by atoms with E-state index in [1.54, 1.807) is 18.3 Å². The summed E-state index contributed by atoms with van der Waals surface area (Å²) in [5.74, 6) is -0.166. The SMILES string of the molecule is CSc1nccc(CNCCCc2cccc(F)c2)n1. The topological polar surface area (TPSA) is 37.8 Å². The van der Waals surface area contributed by atoms with Crippen molar-refractivity contribution in [2.24, 2.45) is 0 Å². The van der Waals surface area contributed by atoms with E-state index in [1.807, 2.05) is 18.4 Å². The molecule has 0 spiro atoms. The number of aromatic nitrogens is 2. The Labute approximate surface area is 123 Å². The summed E-state index contributed by atoms with van der Waals surface area (Å²) in [6.45, 7) is 1.62. The van der Waals surface area contributed by atoms with E-state index in [9.17, 15) is 4.39 Å². The normalized spacial score (nSPS) is 10.7. The molecule has 0 atom stereocenters. The number of nitrogens with one attached hydrogen (secondary N) is 1. The average Bonchev–Trinajstić information content (AvgIpc) is 2.47. The molecule has 2 rings (SSSR count). The maximum Gasteiger partial charge on any atom is 0.187 e. The van der Waals surface area contributed by atoms with Crippen molar-refractivity contribution >= 4 is 11.8 Å². The number of nitrogens with zero attached hydrogens (tertiary/aromatic N) is 2. The first kappa shape index (κ1) is 14.9. The number of thioether (sulfide) groups is 1. The molecule has 5 heteroatoms. The Kier molecular flexibility index (Phi) is 5.95. The molecule has 1 N–H and O–H groups in total. The van der Waals surface area contributed by atoms with E-state index in [-0.39, 0.29) is 5.82 Å². The first-order chi connectivity index (χ1) is 9.78. The molecule has 0 radical (unpaired) electrons. The summed E-state index contributed by atoms with van der Waals surface area (Å²) < 4.78 is 13.0. The van der Waals surface area contributed by atoms with E-state index in [4.69, 9.17) is 0 Å². The molecule has 0 saturated heterocycles. The number of rotatable bonds is 7. The zero-order chi connectivity index (χ0) is 14.2. The van der Waals surface area contributed by atoms with Crippen LogP contribution in [0.2, 0.25) is 0 Å². The van der Waals surface area contributed by atoms with Gasteiger partial charge >= 0.3 is 0 Å². The molecular weight excluding hydrogens is 273 g/mol. The minimum atomic E-state index is -0.166. The van der Waals surface area contributed by atoms with Crippen LogP contribution in [0.3, 0.4) is 0 Å². The third-order valence-corrected chi connectivity index (χ3v) is 3.45. The van der Waals surface area contributed by atoms with Gasteiger partial charge in [0, 0.05) is 12.7 Å². The Balaban J connectivity index is 1.68. The summed E-state index contributed by atoms with van der Waals surface area (Å²) in [6, 6.07) is 8.69. The lowest BCUT2D eigenvalue weighted by Crippen LogP contribution is -2.16. The summed E-state index contributed by atoms with van der Waals surface area (Å²) in [6.07, 6.45) is 5.60. The molecule has 0 bridgehead atoms. The van der Waals surface area contributed by atoms with Gasteiger partial charge in [0.2, 0.25) is 0 Å². The minimum Gasteiger partial charge on any atom is -0.311 e. The van der Waals surface area contributed by atoms with E-state index in [0.717, 1.165) is 42.3 Å². The monoisotopic (exact) mass is 291 g/mol. The largest absolute Gasteiger partial charge is 0.311 e. The molecule has 0 amide bonds. The van der Waals surface area contributed by atoms with Crippen molar-refractivity contribution in [3.05, 3.63) is 53.6 Å². The number of halogens is 1. The molecule has 0 saturated carbocycles. The molecule has 20 heavy (non-hydrogen) atoms. The molecule has 1 heterocycles. The van der Waals surface area contributed by atoms with E-state index >= 15 is 0 Å². The highest BCUT2D eigenvalue weighted by atomic mass is 32.2. The Bertz CT molecular complexity index is 548. The fraction of sp³-hybridized carbons (Fsp3) is 0.333. The van der Waals surface area contributed by atoms with Crippen LogP contribution in [0.4, 0.5) is 4.39 Å². The highest BCUT2D eigenvalue weighted by Crippen LogP contribution is 2.08. The first-order valence-electron chi connectivity index (χ1n) is 6.59. The van der Waals surface area contributed by atoms with Crippen LogP contribution in [0.5, 0.6) is 0 Å². The van der Waals surface area contributed by atoms with Crippen molar-refractivity contribution in [3.8, 4) is 0 Å². The standard InChI is InChI=1S/C15H18FN3S/c1-20-15-18-9-7-14(19-15)11-17-8-3-5-12-4-2-6-13(16)10-12/h2,4,6-7,9-10,17H,3,5,8,11H2,1H3. The Hall–Kier alpha value is -1.46. The molecule has 1 aromatic heterocycles. The van der Waals surface area contributed by atoms with Gasteiger partial charge in [-0.2, -0.15) is 0 Å². The molecule has 1 aromatic carbocycles. The van der Waals surface area contributed by atoms with Crippen LogP contribution < -0.4 is 5.32 Å². The van der Waals surface area contributed by atoms with E-state index in [0.29, 0.717) is 0 Å². The predicted octanol–water partition coefficient (Wildman–Crippen LogP) is 3.06. The minimum absolute atomic E-state index is 0.166. The molecule has 2 aromatic rings. The van der Waals surface area contributed by atoms with E-state index < -0.39 is 0 Å². The van der Waals surface area contributed by atoms with Crippen molar-refractivity contribution in [2.45, 2.75) is 24.5 Å². The Morgan fingerprint density at radius 3 is 3.00 bits per heavy atom. The maximum absolute atomic E-state index is 13.0. The van der Waals surface area contributed by atoms with Crippen LogP contribution in [0.1, 0.15) is 17.7 Å². The summed E-state index contributed by atoms with van der Waals surface area (Å²) in [5, 5.41) is 4.14. The number of aryl methyl sites for hydroxylation is 1. The summed E-state index contributed by atoms with van der Waals surface area (Å²) in [4.78, 5) is 8.54.